The third-order valence-corrected chi connectivity index (χ3v) is 5.46. The maximum absolute atomic E-state index is 13.2. The van der Waals surface area contributed by atoms with Crippen LogP contribution in [0.15, 0.2) is 22.7 Å². The van der Waals surface area contributed by atoms with Crippen molar-refractivity contribution >= 4 is 11.6 Å². The number of aromatic nitrogens is 1. The molecule has 1 N–H and O–H groups in total. The van der Waals surface area contributed by atoms with Gasteiger partial charge in [-0.2, -0.15) is 0 Å². The average molecular weight is 387 g/mol. The van der Waals surface area contributed by atoms with Crippen LogP contribution in [0.3, 0.4) is 0 Å². The van der Waals surface area contributed by atoms with Crippen molar-refractivity contribution in [3.8, 4) is 16.9 Å². The van der Waals surface area contributed by atoms with Crippen LogP contribution in [-0.4, -0.2) is 48.4 Å². The number of alkyl halides is 1. The van der Waals surface area contributed by atoms with E-state index in [4.69, 9.17) is 9.26 Å². The van der Waals surface area contributed by atoms with E-state index in [0.29, 0.717) is 24.5 Å². The quantitative estimate of drug-likeness (QED) is 0.784. The molecule has 0 spiro atoms. The third-order valence-electron chi connectivity index (χ3n) is 5.46. The monoisotopic (exact) mass is 387 g/mol. The van der Waals surface area contributed by atoms with E-state index in [1.807, 2.05) is 26.0 Å². The Hall–Kier alpha value is -2.41. The number of hydrogen-bond acceptors (Lipinski definition) is 5. The standard InChI is InChI=1S/C21H26FN3O3/c1-13-20(14(2)28-24-13)17-11-15(23-21(26)16-12-18(16)22)5-6-19(17)27-10-9-25-7-3-4-8-25/h5-6,11,16,18H,3-4,7-10,12H2,1-2H3,(H,23,26)/t16-,18-/m1/s1. The van der Waals surface area contributed by atoms with Gasteiger partial charge in [-0.3, -0.25) is 9.69 Å². The molecule has 0 unspecified atom stereocenters. The molecule has 1 aliphatic heterocycles. The van der Waals surface area contributed by atoms with Crippen LogP contribution in [0, 0.1) is 19.8 Å². The topological polar surface area (TPSA) is 67.6 Å². The summed E-state index contributed by atoms with van der Waals surface area (Å²) in [5.74, 6) is 0.608. The Kier molecular flexibility index (Phi) is 5.35. The zero-order chi connectivity index (χ0) is 19.7. The second-order valence-electron chi connectivity index (χ2n) is 7.65. The number of carbonyl (C=O) groups excluding carboxylic acids is 1. The van der Waals surface area contributed by atoms with Gasteiger partial charge in [0, 0.05) is 17.8 Å². The maximum atomic E-state index is 13.2. The first-order valence-corrected chi connectivity index (χ1v) is 9.90. The summed E-state index contributed by atoms with van der Waals surface area (Å²) in [6, 6.07) is 5.49. The number of hydrogen-bond donors (Lipinski definition) is 1. The van der Waals surface area contributed by atoms with Crippen LogP contribution < -0.4 is 10.1 Å². The molecule has 0 bridgehead atoms. The molecule has 2 aliphatic rings. The number of carbonyl (C=O) groups is 1. The number of ether oxygens (including phenoxy) is 1. The zero-order valence-electron chi connectivity index (χ0n) is 16.3. The van der Waals surface area contributed by atoms with E-state index in [0.717, 1.165) is 42.2 Å². The number of anilines is 1. The molecule has 1 aromatic carbocycles. The number of nitrogens with one attached hydrogen (secondary N) is 1. The van der Waals surface area contributed by atoms with Crippen molar-refractivity contribution in [3.05, 3.63) is 29.7 Å². The van der Waals surface area contributed by atoms with E-state index in [2.05, 4.69) is 15.4 Å². The molecule has 2 fully saturated rings. The molecule has 6 nitrogen and oxygen atoms in total. The maximum Gasteiger partial charge on any atom is 0.230 e. The van der Waals surface area contributed by atoms with Crippen LogP contribution in [0.1, 0.15) is 30.7 Å². The van der Waals surface area contributed by atoms with Crippen LogP contribution in [0.2, 0.25) is 0 Å². The van der Waals surface area contributed by atoms with Crippen molar-refractivity contribution in [1.82, 2.24) is 10.1 Å². The summed E-state index contributed by atoms with van der Waals surface area (Å²) in [7, 11) is 0. The van der Waals surface area contributed by atoms with Crippen molar-refractivity contribution in [3.63, 3.8) is 0 Å². The van der Waals surface area contributed by atoms with Gasteiger partial charge in [0.05, 0.1) is 17.2 Å². The summed E-state index contributed by atoms with van der Waals surface area (Å²) in [5, 5.41) is 6.85. The zero-order valence-corrected chi connectivity index (χ0v) is 16.3. The Labute approximate surface area is 164 Å². The van der Waals surface area contributed by atoms with Gasteiger partial charge in [0.25, 0.3) is 0 Å². The molecule has 0 radical (unpaired) electrons. The minimum absolute atomic E-state index is 0.278. The molecule has 1 saturated carbocycles. The van der Waals surface area contributed by atoms with Gasteiger partial charge in [-0.15, -0.1) is 0 Å². The van der Waals surface area contributed by atoms with Crippen molar-refractivity contribution in [2.75, 3.05) is 31.6 Å². The van der Waals surface area contributed by atoms with Crippen LogP contribution >= 0.6 is 0 Å². The minimum Gasteiger partial charge on any atom is -0.492 e. The molecule has 1 saturated heterocycles. The molecule has 2 aromatic rings. The highest BCUT2D eigenvalue weighted by atomic mass is 19.1. The van der Waals surface area contributed by atoms with Gasteiger partial charge in [0.2, 0.25) is 5.91 Å². The highest BCUT2D eigenvalue weighted by Crippen LogP contribution is 2.38. The number of aryl methyl sites for hydroxylation is 2. The molecule has 4 rings (SSSR count). The summed E-state index contributed by atoms with van der Waals surface area (Å²) in [6.07, 6.45) is 1.79. The van der Waals surface area contributed by atoms with Gasteiger partial charge in [0.15, 0.2) is 0 Å². The molecule has 2 heterocycles. The fourth-order valence-corrected chi connectivity index (χ4v) is 3.76. The SMILES string of the molecule is Cc1noc(C)c1-c1cc(NC(=O)[C@@H]2C[C@H]2F)ccc1OCCN1CCCC1. The van der Waals surface area contributed by atoms with Crippen LogP contribution in [0.4, 0.5) is 10.1 Å². The van der Waals surface area contributed by atoms with Gasteiger partial charge in [-0.1, -0.05) is 5.16 Å². The van der Waals surface area contributed by atoms with Crippen molar-refractivity contribution in [2.24, 2.45) is 5.92 Å². The molecule has 1 aliphatic carbocycles. The molecular formula is C21H26FN3O3. The Bertz CT molecular complexity index is 841. The Balaban J connectivity index is 1.54. The number of nitrogens with zero attached hydrogens (tertiary/aromatic N) is 2. The largest absolute Gasteiger partial charge is 0.492 e. The van der Waals surface area contributed by atoms with Gasteiger partial charge in [-0.25, -0.2) is 4.39 Å². The Morgan fingerprint density at radius 3 is 2.75 bits per heavy atom. The molecule has 1 amide bonds. The van der Waals surface area contributed by atoms with Crippen LogP contribution in [-0.2, 0) is 4.79 Å². The lowest BCUT2D eigenvalue weighted by Gasteiger charge is -2.17. The Morgan fingerprint density at radius 1 is 1.36 bits per heavy atom. The smallest absolute Gasteiger partial charge is 0.230 e. The number of rotatable bonds is 7. The van der Waals surface area contributed by atoms with E-state index in [9.17, 15) is 9.18 Å². The normalized spacial score (nSPS) is 21.7. The van der Waals surface area contributed by atoms with Gasteiger partial charge in [-0.05, 0) is 64.4 Å². The molecule has 2 atom stereocenters. The summed E-state index contributed by atoms with van der Waals surface area (Å²) >= 11 is 0. The number of benzene rings is 1. The van der Waals surface area contributed by atoms with E-state index in [-0.39, 0.29) is 5.91 Å². The summed E-state index contributed by atoms with van der Waals surface area (Å²) in [4.78, 5) is 14.5. The second kappa shape index (κ2) is 7.91. The van der Waals surface area contributed by atoms with Crippen molar-refractivity contribution < 1.29 is 18.4 Å². The first-order chi connectivity index (χ1) is 13.5. The first-order valence-electron chi connectivity index (χ1n) is 9.90. The van der Waals surface area contributed by atoms with E-state index >= 15 is 0 Å². The molecule has 150 valence electrons. The first kappa shape index (κ1) is 18.9. The summed E-state index contributed by atoms with van der Waals surface area (Å²) in [6.45, 7) is 7.46. The Morgan fingerprint density at radius 2 is 2.11 bits per heavy atom. The summed E-state index contributed by atoms with van der Waals surface area (Å²) < 4.78 is 24.6. The average Bonchev–Trinajstić information content (AvgIpc) is 3.03. The minimum atomic E-state index is -1.02. The van der Waals surface area contributed by atoms with E-state index in [1.165, 1.54) is 12.8 Å². The van der Waals surface area contributed by atoms with Gasteiger partial charge >= 0.3 is 0 Å². The fourth-order valence-electron chi connectivity index (χ4n) is 3.76. The predicted octanol–water partition coefficient (Wildman–Crippen LogP) is 3.73. The second-order valence-corrected chi connectivity index (χ2v) is 7.65. The highest BCUT2D eigenvalue weighted by Gasteiger charge is 2.43. The lowest BCUT2D eigenvalue weighted by atomic mass is 10.0. The lowest BCUT2D eigenvalue weighted by molar-refractivity contribution is -0.117. The van der Waals surface area contributed by atoms with E-state index in [1.54, 1.807) is 6.07 Å². The van der Waals surface area contributed by atoms with Crippen LogP contribution in [0.25, 0.3) is 11.1 Å². The number of likely N-dealkylation sites (tertiary alicyclic amines) is 1. The summed E-state index contributed by atoms with van der Waals surface area (Å²) in [5.41, 5.74) is 3.06. The lowest BCUT2D eigenvalue weighted by Crippen LogP contribution is -2.25. The van der Waals surface area contributed by atoms with Crippen molar-refractivity contribution in [1.29, 1.82) is 0 Å². The van der Waals surface area contributed by atoms with Crippen molar-refractivity contribution in [2.45, 2.75) is 39.3 Å². The number of amides is 1. The highest BCUT2D eigenvalue weighted by molar-refractivity contribution is 5.95. The molecule has 7 heteroatoms. The van der Waals surface area contributed by atoms with Crippen LogP contribution in [0.5, 0.6) is 5.75 Å². The van der Waals surface area contributed by atoms with E-state index < -0.39 is 12.1 Å². The van der Waals surface area contributed by atoms with Gasteiger partial charge in [0.1, 0.15) is 24.3 Å². The molecular weight excluding hydrogens is 361 g/mol. The number of halogens is 1. The molecule has 28 heavy (non-hydrogen) atoms. The fraction of sp³-hybridized carbons (Fsp3) is 0.524. The third kappa shape index (κ3) is 4.04. The predicted molar refractivity (Wildman–Crippen MR) is 104 cm³/mol. The molecule has 1 aromatic heterocycles. The van der Waals surface area contributed by atoms with Gasteiger partial charge < -0.3 is 14.6 Å².